The first-order valence-electron chi connectivity index (χ1n) is 7.88. The van der Waals surface area contributed by atoms with Crippen LogP contribution in [0.1, 0.15) is 41.0 Å². The van der Waals surface area contributed by atoms with Gasteiger partial charge in [0.15, 0.2) is 0 Å². The van der Waals surface area contributed by atoms with Crippen molar-refractivity contribution in [2.75, 3.05) is 19.1 Å². The van der Waals surface area contributed by atoms with E-state index >= 15 is 0 Å². The number of thioether (sulfide) groups is 1. The van der Waals surface area contributed by atoms with Crippen molar-refractivity contribution in [2.24, 2.45) is 5.92 Å². The number of esters is 1. The molecule has 0 saturated heterocycles. The van der Waals surface area contributed by atoms with E-state index in [4.69, 9.17) is 9.47 Å². The molecule has 2 N–H and O–H groups in total. The molecule has 24 heavy (non-hydrogen) atoms. The predicted octanol–water partition coefficient (Wildman–Crippen LogP) is 1.95. The summed E-state index contributed by atoms with van der Waals surface area (Å²) in [5.74, 6) is -0.410. The van der Waals surface area contributed by atoms with Gasteiger partial charge in [0.05, 0.1) is 7.11 Å². The summed E-state index contributed by atoms with van der Waals surface area (Å²) in [6.07, 6.45) is 1.70. The van der Waals surface area contributed by atoms with E-state index in [1.54, 1.807) is 46.4 Å². The Bertz CT molecular complexity index is 435. The Morgan fingerprint density at radius 1 is 1.12 bits per heavy atom. The first-order valence-corrected chi connectivity index (χ1v) is 9.27. The SMILES string of the molecule is COC(=O)[C@H](CCSC)NC(=O)[C@@H](NC(=O)OC(C)(C)C)C(C)C. The molecule has 0 aliphatic rings. The molecule has 0 saturated carbocycles. The second-order valence-electron chi connectivity index (χ2n) is 6.73. The summed E-state index contributed by atoms with van der Waals surface area (Å²) < 4.78 is 9.90. The monoisotopic (exact) mass is 362 g/mol. The fraction of sp³-hybridized carbons (Fsp3) is 0.812. The molecule has 0 aliphatic carbocycles. The highest BCUT2D eigenvalue weighted by Crippen LogP contribution is 2.10. The molecule has 0 rings (SSSR count). The Labute approximate surface area is 148 Å². The minimum absolute atomic E-state index is 0.170. The Balaban J connectivity index is 4.93. The van der Waals surface area contributed by atoms with Crippen molar-refractivity contribution in [3.05, 3.63) is 0 Å². The molecule has 2 amide bonds. The molecule has 0 aromatic carbocycles. The Morgan fingerprint density at radius 2 is 1.71 bits per heavy atom. The minimum atomic E-state index is -0.804. The summed E-state index contributed by atoms with van der Waals surface area (Å²) >= 11 is 1.57. The van der Waals surface area contributed by atoms with Gasteiger partial charge in [0.25, 0.3) is 0 Å². The van der Waals surface area contributed by atoms with Crippen molar-refractivity contribution in [3.63, 3.8) is 0 Å². The van der Waals surface area contributed by atoms with E-state index in [2.05, 4.69) is 10.6 Å². The summed E-state index contributed by atoms with van der Waals surface area (Å²) in [5, 5.41) is 5.22. The maximum Gasteiger partial charge on any atom is 0.408 e. The first kappa shape index (κ1) is 22.6. The number of nitrogens with one attached hydrogen (secondary N) is 2. The van der Waals surface area contributed by atoms with Gasteiger partial charge in [0, 0.05) is 0 Å². The molecule has 0 aromatic rings. The molecular formula is C16H30N2O5S. The van der Waals surface area contributed by atoms with E-state index in [1.807, 2.05) is 6.26 Å². The van der Waals surface area contributed by atoms with Crippen LogP contribution in [-0.4, -0.2) is 54.8 Å². The molecule has 0 fully saturated rings. The summed E-state index contributed by atoms with van der Waals surface area (Å²) in [7, 11) is 1.28. The van der Waals surface area contributed by atoms with Gasteiger partial charge >= 0.3 is 12.1 Å². The molecule has 0 aromatic heterocycles. The molecule has 8 heteroatoms. The summed E-state index contributed by atoms with van der Waals surface area (Å²) in [5.41, 5.74) is -0.658. The number of hydrogen-bond acceptors (Lipinski definition) is 6. The third-order valence-corrected chi connectivity index (χ3v) is 3.68. The lowest BCUT2D eigenvalue weighted by molar-refractivity contribution is -0.145. The normalized spacial score (nSPS) is 13.8. The van der Waals surface area contributed by atoms with Crippen LogP contribution >= 0.6 is 11.8 Å². The maximum atomic E-state index is 12.5. The van der Waals surface area contributed by atoms with Crippen molar-refractivity contribution in [3.8, 4) is 0 Å². The van der Waals surface area contributed by atoms with Crippen LogP contribution in [0.2, 0.25) is 0 Å². The highest BCUT2D eigenvalue weighted by atomic mass is 32.2. The van der Waals surface area contributed by atoms with Gasteiger partial charge < -0.3 is 20.1 Å². The molecule has 0 bridgehead atoms. The van der Waals surface area contributed by atoms with Gasteiger partial charge in [-0.15, -0.1) is 0 Å². The van der Waals surface area contributed by atoms with E-state index in [0.717, 1.165) is 0 Å². The second-order valence-corrected chi connectivity index (χ2v) is 7.72. The van der Waals surface area contributed by atoms with Crippen molar-refractivity contribution in [1.29, 1.82) is 0 Å². The number of carbonyl (C=O) groups is 3. The lowest BCUT2D eigenvalue weighted by Crippen LogP contribution is -2.54. The van der Waals surface area contributed by atoms with E-state index in [0.29, 0.717) is 12.2 Å². The van der Waals surface area contributed by atoms with Crippen LogP contribution in [0.5, 0.6) is 0 Å². The molecule has 140 valence electrons. The van der Waals surface area contributed by atoms with E-state index < -0.39 is 35.7 Å². The minimum Gasteiger partial charge on any atom is -0.467 e. The van der Waals surface area contributed by atoms with Crippen LogP contribution < -0.4 is 10.6 Å². The van der Waals surface area contributed by atoms with Gasteiger partial charge in [-0.25, -0.2) is 9.59 Å². The van der Waals surface area contributed by atoms with Gasteiger partial charge in [0.2, 0.25) is 5.91 Å². The van der Waals surface area contributed by atoms with Gasteiger partial charge in [-0.05, 0) is 45.1 Å². The fourth-order valence-corrected chi connectivity index (χ4v) is 2.33. The summed E-state index contributed by atoms with van der Waals surface area (Å²) in [4.78, 5) is 36.2. The van der Waals surface area contributed by atoms with Crippen LogP contribution in [0.15, 0.2) is 0 Å². The molecule has 0 spiro atoms. The highest BCUT2D eigenvalue weighted by Gasteiger charge is 2.30. The Morgan fingerprint density at radius 3 is 2.12 bits per heavy atom. The van der Waals surface area contributed by atoms with Crippen LogP contribution in [0.25, 0.3) is 0 Å². The number of methoxy groups -OCH3 is 1. The van der Waals surface area contributed by atoms with Crippen LogP contribution in [0, 0.1) is 5.92 Å². The average molecular weight is 362 g/mol. The second kappa shape index (κ2) is 10.4. The highest BCUT2D eigenvalue weighted by molar-refractivity contribution is 7.98. The number of ether oxygens (including phenoxy) is 2. The summed E-state index contributed by atoms with van der Waals surface area (Å²) in [6, 6.07) is -1.54. The zero-order chi connectivity index (χ0) is 18.9. The number of amides is 2. The van der Waals surface area contributed by atoms with Gasteiger partial charge in [0.1, 0.15) is 17.7 Å². The standard InChI is InChI=1S/C16H30N2O5S/c1-10(2)12(18-15(21)23-16(3,4)5)13(19)17-11(8-9-24-7)14(20)22-6/h10-12H,8-9H2,1-7H3,(H,17,19)(H,18,21)/t11-,12-/m0/s1. The number of carbonyl (C=O) groups excluding carboxylic acids is 3. The lowest BCUT2D eigenvalue weighted by Gasteiger charge is -2.26. The maximum absolute atomic E-state index is 12.5. The van der Waals surface area contributed by atoms with Crippen LogP contribution in [0.3, 0.4) is 0 Å². The van der Waals surface area contributed by atoms with Crippen molar-refractivity contribution >= 4 is 29.7 Å². The third-order valence-electron chi connectivity index (χ3n) is 3.03. The molecule has 0 unspecified atom stereocenters. The van der Waals surface area contributed by atoms with Crippen molar-refractivity contribution in [2.45, 2.75) is 58.7 Å². The summed E-state index contributed by atoms with van der Waals surface area (Å²) in [6.45, 7) is 8.83. The third kappa shape index (κ3) is 9.00. The molecule has 2 atom stereocenters. The predicted molar refractivity (Wildman–Crippen MR) is 94.9 cm³/mol. The van der Waals surface area contributed by atoms with Crippen LogP contribution in [0.4, 0.5) is 4.79 Å². The molecule has 0 heterocycles. The Kier molecular flexibility index (Phi) is 9.80. The Hall–Kier alpha value is -1.44. The van der Waals surface area contributed by atoms with E-state index in [-0.39, 0.29) is 5.92 Å². The number of alkyl carbamates (subject to hydrolysis) is 1. The zero-order valence-corrected chi connectivity index (χ0v) is 16.4. The van der Waals surface area contributed by atoms with Gasteiger partial charge in [-0.1, -0.05) is 13.8 Å². The zero-order valence-electron chi connectivity index (χ0n) is 15.6. The van der Waals surface area contributed by atoms with E-state index in [9.17, 15) is 14.4 Å². The molecule has 0 aliphatic heterocycles. The van der Waals surface area contributed by atoms with Crippen molar-refractivity contribution < 1.29 is 23.9 Å². The fourth-order valence-electron chi connectivity index (χ4n) is 1.86. The smallest absolute Gasteiger partial charge is 0.408 e. The van der Waals surface area contributed by atoms with Crippen molar-refractivity contribution in [1.82, 2.24) is 10.6 Å². The molecule has 7 nitrogen and oxygen atoms in total. The molecular weight excluding hydrogens is 332 g/mol. The number of hydrogen-bond donors (Lipinski definition) is 2. The quantitative estimate of drug-likeness (QED) is 0.641. The largest absolute Gasteiger partial charge is 0.467 e. The average Bonchev–Trinajstić information content (AvgIpc) is 2.45. The van der Waals surface area contributed by atoms with Gasteiger partial charge in [-0.2, -0.15) is 11.8 Å². The van der Waals surface area contributed by atoms with Crippen LogP contribution in [-0.2, 0) is 19.1 Å². The number of rotatable bonds is 8. The lowest BCUT2D eigenvalue weighted by atomic mass is 10.0. The topological polar surface area (TPSA) is 93.7 Å². The van der Waals surface area contributed by atoms with E-state index in [1.165, 1.54) is 7.11 Å². The van der Waals surface area contributed by atoms with Gasteiger partial charge in [-0.3, -0.25) is 4.79 Å². The first-order chi connectivity index (χ1) is 11.0. The molecule has 0 radical (unpaired) electrons.